The summed E-state index contributed by atoms with van der Waals surface area (Å²) in [4.78, 5) is 25.5. The maximum absolute atomic E-state index is 14.1. The van der Waals surface area contributed by atoms with Crippen LogP contribution < -0.4 is 30.3 Å². The predicted octanol–water partition coefficient (Wildman–Crippen LogP) is 5.03. The van der Waals surface area contributed by atoms with Crippen LogP contribution in [0.3, 0.4) is 0 Å². The molecule has 0 saturated carbocycles. The van der Waals surface area contributed by atoms with Crippen LogP contribution in [0, 0.1) is 5.82 Å². The van der Waals surface area contributed by atoms with Gasteiger partial charge in [-0.05, 0) is 62.3 Å². The van der Waals surface area contributed by atoms with E-state index < -0.39 is 17.9 Å². The van der Waals surface area contributed by atoms with Crippen LogP contribution in [0.25, 0.3) is 0 Å². The molecular formula is C34H35FN4O6S. The molecular weight excluding hydrogens is 611 g/mol. The Morgan fingerprint density at radius 1 is 1.09 bits per heavy atom. The number of amides is 1. The van der Waals surface area contributed by atoms with Gasteiger partial charge in [0.05, 0.1) is 31.5 Å². The van der Waals surface area contributed by atoms with Crippen molar-refractivity contribution in [3.63, 3.8) is 0 Å². The lowest BCUT2D eigenvalue weighted by atomic mass is 9.95. The summed E-state index contributed by atoms with van der Waals surface area (Å²) in [6.07, 6.45) is 3.62. The van der Waals surface area contributed by atoms with Gasteiger partial charge in [-0.15, -0.1) is 6.58 Å². The molecule has 1 atom stereocenters. The van der Waals surface area contributed by atoms with Crippen molar-refractivity contribution in [3.8, 4) is 17.2 Å². The number of para-hydroxylation sites is 1. The maximum atomic E-state index is 14.1. The molecule has 0 radical (unpaired) electrons. The van der Waals surface area contributed by atoms with Crippen LogP contribution in [0.2, 0.25) is 0 Å². The summed E-state index contributed by atoms with van der Waals surface area (Å²) in [6.45, 7) is 7.15. The molecule has 3 N–H and O–H groups in total. The van der Waals surface area contributed by atoms with Crippen molar-refractivity contribution in [1.29, 1.82) is 0 Å². The van der Waals surface area contributed by atoms with Gasteiger partial charge in [0.25, 0.3) is 5.91 Å². The summed E-state index contributed by atoms with van der Waals surface area (Å²) >= 11 is 5.32. The largest absolute Gasteiger partial charge is 0.493 e. The maximum Gasteiger partial charge on any atom is 0.338 e. The lowest BCUT2D eigenvalue weighted by molar-refractivity contribution is -0.139. The molecule has 0 spiro atoms. The van der Waals surface area contributed by atoms with Crippen LogP contribution in [0.15, 0.2) is 89.7 Å². The third-order valence-electron chi connectivity index (χ3n) is 6.82. The Kier molecular flexibility index (Phi) is 11.8. The highest BCUT2D eigenvalue weighted by Gasteiger charge is 2.32. The number of esters is 1. The number of methoxy groups -OCH3 is 1. The fourth-order valence-electron chi connectivity index (χ4n) is 4.76. The van der Waals surface area contributed by atoms with Crippen LogP contribution in [0.1, 0.15) is 42.1 Å². The van der Waals surface area contributed by atoms with Crippen molar-refractivity contribution >= 4 is 35.4 Å². The minimum atomic E-state index is -0.650. The zero-order valence-electron chi connectivity index (χ0n) is 25.7. The fourth-order valence-corrected chi connectivity index (χ4v) is 5.03. The number of ether oxygens (including phenoxy) is 4. The summed E-state index contributed by atoms with van der Waals surface area (Å²) in [5.41, 5.74) is 5.76. The van der Waals surface area contributed by atoms with Gasteiger partial charge in [0.15, 0.2) is 23.2 Å². The number of nitrogens with zero attached hydrogens (tertiary/aromatic N) is 1. The highest BCUT2D eigenvalue weighted by atomic mass is 32.1. The van der Waals surface area contributed by atoms with Gasteiger partial charge >= 0.3 is 5.97 Å². The molecule has 0 bridgehead atoms. The molecule has 3 aromatic carbocycles. The van der Waals surface area contributed by atoms with E-state index in [1.54, 1.807) is 68.5 Å². The molecule has 4 rings (SSSR count). The SMILES string of the molecule is C=CCc1cc(C=NNC(=O)COc2ccccc2[C@H]2NC(=S)NC(C)=C2C(=O)OCC)cc(OC)c1OCc1ccccc1F. The number of hydrogen-bond donors (Lipinski definition) is 3. The van der Waals surface area contributed by atoms with Gasteiger partial charge < -0.3 is 29.6 Å². The molecule has 1 heterocycles. The lowest BCUT2D eigenvalue weighted by Crippen LogP contribution is -2.45. The minimum Gasteiger partial charge on any atom is -0.493 e. The molecule has 0 aromatic heterocycles. The second-order valence-corrected chi connectivity index (χ2v) is 10.4. The molecule has 12 heteroatoms. The Balaban J connectivity index is 1.44. The quantitative estimate of drug-likeness (QED) is 0.0729. The van der Waals surface area contributed by atoms with Crippen LogP contribution in [0.4, 0.5) is 4.39 Å². The third kappa shape index (κ3) is 8.48. The first kappa shape index (κ1) is 33.7. The minimum absolute atomic E-state index is 0.0141. The van der Waals surface area contributed by atoms with Crippen molar-refractivity contribution in [2.45, 2.75) is 32.9 Å². The average molecular weight is 647 g/mol. The second kappa shape index (κ2) is 16.2. The van der Waals surface area contributed by atoms with Gasteiger partial charge in [0.2, 0.25) is 0 Å². The van der Waals surface area contributed by atoms with Crippen LogP contribution >= 0.6 is 12.2 Å². The summed E-state index contributed by atoms with van der Waals surface area (Å²) < 4.78 is 36.7. The highest BCUT2D eigenvalue weighted by molar-refractivity contribution is 7.80. The van der Waals surface area contributed by atoms with E-state index in [4.69, 9.17) is 31.2 Å². The van der Waals surface area contributed by atoms with Crippen molar-refractivity contribution in [2.75, 3.05) is 20.3 Å². The predicted molar refractivity (Wildman–Crippen MR) is 176 cm³/mol. The number of thiocarbonyl (C=S) groups is 1. The molecule has 1 amide bonds. The molecule has 3 aromatic rings. The Labute approximate surface area is 272 Å². The van der Waals surface area contributed by atoms with E-state index in [1.807, 2.05) is 6.07 Å². The van der Waals surface area contributed by atoms with E-state index in [0.29, 0.717) is 56.7 Å². The number of nitrogens with one attached hydrogen (secondary N) is 3. The Bertz CT molecular complexity index is 1680. The van der Waals surface area contributed by atoms with E-state index in [0.717, 1.165) is 5.56 Å². The van der Waals surface area contributed by atoms with Gasteiger partial charge in [0.1, 0.15) is 18.2 Å². The Hall–Kier alpha value is -5.23. The highest BCUT2D eigenvalue weighted by Crippen LogP contribution is 2.35. The van der Waals surface area contributed by atoms with Gasteiger partial charge in [-0.1, -0.05) is 42.5 Å². The van der Waals surface area contributed by atoms with Gasteiger partial charge in [-0.3, -0.25) is 4.79 Å². The number of benzene rings is 3. The van der Waals surface area contributed by atoms with E-state index >= 15 is 0 Å². The summed E-state index contributed by atoms with van der Waals surface area (Å²) in [6, 6.07) is 16.3. The van der Waals surface area contributed by atoms with E-state index in [2.05, 4.69) is 27.7 Å². The van der Waals surface area contributed by atoms with Crippen LogP contribution in [-0.2, 0) is 27.4 Å². The lowest BCUT2D eigenvalue weighted by Gasteiger charge is -2.30. The molecule has 240 valence electrons. The van der Waals surface area contributed by atoms with Gasteiger partial charge in [0, 0.05) is 22.4 Å². The molecule has 1 aliphatic rings. The van der Waals surface area contributed by atoms with Crippen molar-refractivity contribution in [2.24, 2.45) is 5.10 Å². The fraction of sp³-hybridized carbons (Fsp3) is 0.235. The number of allylic oxidation sites excluding steroid dienone is 2. The molecule has 10 nitrogen and oxygen atoms in total. The van der Waals surface area contributed by atoms with Gasteiger partial charge in [-0.25, -0.2) is 14.6 Å². The molecule has 0 unspecified atom stereocenters. The number of rotatable bonds is 14. The summed E-state index contributed by atoms with van der Waals surface area (Å²) in [7, 11) is 1.50. The first-order valence-corrected chi connectivity index (χ1v) is 14.8. The Morgan fingerprint density at radius 3 is 2.59 bits per heavy atom. The molecule has 0 fully saturated rings. The second-order valence-electron chi connectivity index (χ2n) is 9.99. The van der Waals surface area contributed by atoms with Crippen LogP contribution in [0.5, 0.6) is 17.2 Å². The summed E-state index contributed by atoms with van der Waals surface area (Å²) in [5.74, 6) is -0.116. The topological polar surface area (TPSA) is 120 Å². The standard InChI is InChI=1S/C34H35FN4O6S/c1-5-11-23-16-22(17-28(42-4)32(23)45-19-24-12-7-9-14-26(24)35)18-36-39-29(40)20-44-27-15-10-8-13-25(27)31-30(33(41)43-6-2)21(3)37-34(46)38-31/h5,7-10,12-18,31H,1,6,11,19-20H2,2-4H3,(H,39,40)(H2,37,38,46)/t31-/m1/s1. The third-order valence-corrected chi connectivity index (χ3v) is 7.04. The number of hydrazone groups is 1. The summed E-state index contributed by atoms with van der Waals surface area (Å²) in [5, 5.41) is 10.5. The number of carbonyl (C=O) groups is 2. The molecule has 0 saturated heterocycles. The van der Waals surface area contributed by atoms with Crippen molar-refractivity contribution in [1.82, 2.24) is 16.1 Å². The van der Waals surface area contributed by atoms with Crippen LogP contribution in [-0.4, -0.2) is 43.5 Å². The first-order chi connectivity index (χ1) is 22.2. The zero-order valence-corrected chi connectivity index (χ0v) is 26.5. The van der Waals surface area contributed by atoms with E-state index in [-0.39, 0.29) is 25.6 Å². The first-order valence-electron chi connectivity index (χ1n) is 14.4. The normalized spacial score (nSPS) is 14.3. The van der Waals surface area contributed by atoms with Crippen molar-refractivity contribution < 1.29 is 32.9 Å². The van der Waals surface area contributed by atoms with E-state index in [1.165, 1.54) is 19.4 Å². The average Bonchev–Trinajstić information content (AvgIpc) is 3.03. The number of carbonyl (C=O) groups excluding carboxylic acids is 2. The van der Waals surface area contributed by atoms with Gasteiger partial charge in [-0.2, -0.15) is 5.10 Å². The van der Waals surface area contributed by atoms with Crippen molar-refractivity contribution in [3.05, 3.63) is 113 Å². The number of halogens is 1. The van der Waals surface area contributed by atoms with E-state index in [9.17, 15) is 14.0 Å². The molecule has 0 aliphatic carbocycles. The number of hydrogen-bond acceptors (Lipinski definition) is 8. The Morgan fingerprint density at radius 2 is 1.85 bits per heavy atom. The zero-order chi connectivity index (χ0) is 33.1. The monoisotopic (exact) mass is 646 g/mol. The smallest absolute Gasteiger partial charge is 0.338 e. The molecule has 46 heavy (non-hydrogen) atoms. The molecule has 1 aliphatic heterocycles.